The Bertz CT molecular complexity index is 7540. The summed E-state index contributed by atoms with van der Waals surface area (Å²) in [6, 6.07) is 37.1. The summed E-state index contributed by atoms with van der Waals surface area (Å²) in [5.74, 6) is -2.31. The summed E-state index contributed by atoms with van der Waals surface area (Å²) in [5, 5.41) is 2.78. The molecule has 6 aromatic carbocycles. The van der Waals surface area contributed by atoms with Gasteiger partial charge in [0.1, 0.15) is 34.3 Å². The molecule has 4 N–H and O–H groups in total. The zero-order valence-electron chi connectivity index (χ0n) is 84.4. The lowest BCUT2D eigenvalue weighted by atomic mass is 9.72. The minimum atomic E-state index is -6.09. The molecule has 0 radical (unpaired) electrons. The number of halogens is 8. The molecule has 0 saturated carbocycles. The molecule has 4 amide bonds. The number of sulfone groups is 2. The van der Waals surface area contributed by atoms with E-state index in [4.69, 9.17) is 37.4 Å². The van der Waals surface area contributed by atoms with Gasteiger partial charge in [0.2, 0.25) is 0 Å². The van der Waals surface area contributed by atoms with Crippen molar-refractivity contribution in [1.29, 1.82) is 0 Å². The smallest absolute Gasteiger partial charge is 0.455 e. The third-order valence-corrected chi connectivity index (χ3v) is 38.5. The molecule has 32 nitrogen and oxygen atoms in total. The van der Waals surface area contributed by atoms with Crippen molar-refractivity contribution in [2.75, 3.05) is 145 Å². The summed E-state index contributed by atoms with van der Waals surface area (Å²) in [5.41, 5.74) is -1.78. The van der Waals surface area contributed by atoms with E-state index < -0.39 is 132 Å². The highest BCUT2D eigenvalue weighted by molar-refractivity contribution is 7.94. The van der Waals surface area contributed by atoms with E-state index in [9.17, 15) is 87.6 Å². The largest absolute Gasteiger partial charge is 0.501 e. The number of methoxy groups -OCH3 is 1. The van der Waals surface area contributed by atoms with Crippen molar-refractivity contribution >= 4 is 151 Å². The molecule has 4 aliphatic heterocycles. The second-order valence-corrected chi connectivity index (χ2v) is 53.9. The molecule has 6 aliphatic rings. The number of sulfonamides is 2. The summed E-state index contributed by atoms with van der Waals surface area (Å²) in [7, 11) is -26.7. The first-order valence-electron chi connectivity index (χ1n) is 49.3. The molecule has 4 aromatic heterocycles. The molecule has 2 atom stereocenters. The molecule has 0 bridgehead atoms. The number of alkyl halides is 6. The number of pyridine rings is 2. The van der Waals surface area contributed by atoms with Gasteiger partial charge in [-0.3, -0.25) is 19.4 Å². The van der Waals surface area contributed by atoms with Crippen LogP contribution < -0.4 is 28.7 Å². The molecular formula is C104H122Cl2F6N14O18S6. The Labute approximate surface area is 880 Å². The highest BCUT2D eigenvalue weighted by atomic mass is 35.5. The van der Waals surface area contributed by atoms with Crippen LogP contribution in [-0.2, 0) is 81.5 Å². The van der Waals surface area contributed by atoms with Crippen molar-refractivity contribution in [3.05, 3.63) is 225 Å². The number of nitrogens with zero attached hydrogens (tertiary/aromatic N) is 10. The number of benzene rings is 6. The number of fused-ring (bicyclic) bond motifs is 2. The van der Waals surface area contributed by atoms with Gasteiger partial charge >= 0.3 is 23.2 Å². The van der Waals surface area contributed by atoms with Crippen molar-refractivity contribution in [2.24, 2.45) is 31.4 Å². The molecular weight excluding hydrogens is 2110 g/mol. The standard InChI is InChI=1S/C53H63ClF3N7O9S3.C51H59ClF3N7O9S3/c1-35(2)72-51(66)61-74(67)26-24-62(25-27-74)19-16-36(3)28-38-8-12-44(31-48(38)75(68,69)53(55,56)57)76(70,71)60-50(65)45-13-11-42(30-47(45)73-43-29-39-15-18-58-49(39)59-33-43)64-22-20-63(21-23-64)34-40-14-17-52(4,5)32-46(40)37-6-9-41(54)10-7-37;1-34(15-18-60-23-25-72(65,26-24-60)59-49(64)70-4)27-36-7-11-42(30-46(36)73(66,67)51(53,54)55)74(68,69)58-48(63)43-12-10-40(29-45(43)71-41-28-37-14-17-56-47(37)57-32-41)62-21-19-61(20-22-62)33-38-13-16-50(2,3)31-44(38)35-5-8-39(52)9-6-35/h6-13,15,18,29-31,33,35-36H,14,16-17,19-28,32,34H2,1-5H3,(H,58,59)(H,60,65);5-12,14,17,28-30,32,34H,13,15-16,18-27,31,33H2,1-4H3,(H,56,57)(H,58,63)/t36-;34-/m00/s1. The molecule has 2 aliphatic carbocycles. The Morgan fingerprint density at radius 2 is 0.853 bits per heavy atom. The predicted molar refractivity (Wildman–Crippen MR) is 566 cm³/mol. The Balaban J connectivity index is 0.000000224. The zero-order chi connectivity index (χ0) is 108. The number of aromatic amines is 2. The van der Waals surface area contributed by atoms with Gasteiger partial charge in [0.05, 0.1) is 75.8 Å². The number of nitrogens with one attached hydrogen (secondary N) is 4. The molecule has 0 unspecified atom stereocenters. The minimum absolute atomic E-state index is 0.0314. The lowest BCUT2D eigenvalue weighted by Gasteiger charge is -2.39. The van der Waals surface area contributed by atoms with Crippen molar-refractivity contribution in [1.82, 2.24) is 49.0 Å². The molecule has 808 valence electrons. The van der Waals surface area contributed by atoms with E-state index in [2.05, 4.69) is 105 Å². The SMILES string of the molecule is CC(C)OC(=O)N=S1(=O)CCN(CC[C@H](C)Cc2ccc(S(=O)(=O)NC(=O)c3ccc(N4CCN(CC5=C(c6ccc(Cl)cc6)CC(C)(C)CC5)CC4)cc3Oc3cnc4[nH]ccc4c3)cc2S(=O)(=O)C(F)(F)F)CC1.COC(=O)N=S1(=O)CCN(CC[C@H](C)Cc2ccc(S(=O)(=O)NC(=O)c3ccc(N4CCN(CC5=C(c6ccc(Cl)cc6)CC(C)(C)CC5)CC4)cc3Oc3cnc4[nH]ccc4c3)cc2S(=O)(=O)C(F)(F)F)CC1. The quantitative estimate of drug-likeness (QED) is 0.0293. The van der Waals surface area contributed by atoms with Crippen LogP contribution in [-0.4, -0.2) is 258 Å². The number of hydrogen-bond acceptors (Lipinski definition) is 26. The summed E-state index contributed by atoms with van der Waals surface area (Å²) in [4.78, 5) is 75.4. The van der Waals surface area contributed by atoms with Crippen molar-refractivity contribution in [2.45, 2.75) is 156 Å². The fourth-order valence-electron chi connectivity index (χ4n) is 19.4. The van der Waals surface area contributed by atoms with Crippen LogP contribution in [0.2, 0.25) is 10.0 Å². The molecule has 4 fully saturated rings. The number of anilines is 2. The average Bonchev–Trinajstić information content (AvgIpc) is 0.805. The molecule has 4 saturated heterocycles. The Morgan fingerprint density at radius 3 is 1.21 bits per heavy atom. The number of piperazine rings is 2. The van der Waals surface area contributed by atoms with Crippen LogP contribution in [0.3, 0.4) is 0 Å². The number of rotatable bonds is 31. The van der Waals surface area contributed by atoms with Gasteiger partial charge < -0.3 is 48.5 Å². The maximum Gasteiger partial charge on any atom is 0.501 e. The minimum Gasteiger partial charge on any atom is -0.455 e. The van der Waals surface area contributed by atoms with Crippen LogP contribution in [0.1, 0.15) is 150 Å². The number of H-pyrrole nitrogens is 2. The number of carbonyl (C=O) groups is 4. The fraction of sp³-hybridized carbons (Fsp3) is 0.442. The van der Waals surface area contributed by atoms with Gasteiger partial charge in [0.15, 0.2) is 0 Å². The molecule has 8 heterocycles. The van der Waals surface area contributed by atoms with E-state index in [1.165, 1.54) is 57.9 Å². The molecule has 10 aromatic rings. The molecule has 46 heteroatoms. The van der Waals surface area contributed by atoms with Crippen LogP contribution in [0.5, 0.6) is 23.0 Å². The number of ether oxygens (including phenoxy) is 4. The third-order valence-electron chi connectivity index (χ3n) is 27.9. The number of amides is 4. The number of aromatic nitrogens is 4. The number of hydrogen-bond donors (Lipinski definition) is 4. The monoisotopic (exact) mass is 2230 g/mol. The Morgan fingerprint density at radius 1 is 0.480 bits per heavy atom. The van der Waals surface area contributed by atoms with Crippen LogP contribution in [0.4, 0.5) is 47.3 Å². The first-order valence-corrected chi connectivity index (χ1v) is 59.7. The van der Waals surface area contributed by atoms with Crippen molar-refractivity contribution in [3.8, 4) is 23.0 Å². The second kappa shape index (κ2) is 46.5. The zero-order valence-corrected chi connectivity index (χ0v) is 90.8. The molecule has 150 heavy (non-hydrogen) atoms. The van der Waals surface area contributed by atoms with E-state index in [-0.39, 0.29) is 91.9 Å². The summed E-state index contributed by atoms with van der Waals surface area (Å²) < 4.78 is 253. The third kappa shape index (κ3) is 28.3. The van der Waals surface area contributed by atoms with E-state index in [1.54, 1.807) is 88.6 Å². The van der Waals surface area contributed by atoms with E-state index in [0.717, 1.165) is 109 Å². The van der Waals surface area contributed by atoms with Gasteiger partial charge in [-0.1, -0.05) is 112 Å². The highest BCUT2D eigenvalue weighted by Crippen LogP contribution is 2.47. The Hall–Kier alpha value is -11.0. The molecule has 0 spiro atoms. The lowest BCUT2D eigenvalue weighted by molar-refractivity contribution is -0.0442. The fourth-order valence-corrected chi connectivity index (χ4v) is 27.4. The average molecular weight is 2230 g/mol. The van der Waals surface area contributed by atoms with Gasteiger partial charge in [-0.05, 0) is 244 Å². The van der Waals surface area contributed by atoms with Crippen molar-refractivity contribution in [3.63, 3.8) is 0 Å². The van der Waals surface area contributed by atoms with Gasteiger partial charge in [-0.25, -0.2) is 71.1 Å². The Kier molecular flexibility index (Phi) is 35.0. The highest BCUT2D eigenvalue weighted by Gasteiger charge is 2.50. The van der Waals surface area contributed by atoms with E-state index >= 15 is 0 Å². The summed E-state index contributed by atoms with van der Waals surface area (Å²) >= 11 is 12.5. The van der Waals surface area contributed by atoms with Crippen LogP contribution >= 0.6 is 23.2 Å². The first-order chi connectivity index (χ1) is 70.7. The van der Waals surface area contributed by atoms with Gasteiger partial charge in [0, 0.05) is 171 Å². The van der Waals surface area contributed by atoms with Gasteiger partial charge in [-0.2, -0.15) is 26.3 Å². The predicted octanol–water partition coefficient (Wildman–Crippen LogP) is 19.4. The normalized spacial score (nSPS) is 18.2. The van der Waals surface area contributed by atoms with Crippen LogP contribution in [0, 0.1) is 22.7 Å². The van der Waals surface area contributed by atoms with Crippen molar-refractivity contribution < 1.29 is 107 Å². The van der Waals surface area contributed by atoms with Crippen LogP contribution in [0.15, 0.2) is 210 Å². The van der Waals surface area contributed by atoms with Gasteiger partial charge in [0.25, 0.3) is 51.5 Å². The van der Waals surface area contributed by atoms with E-state index in [1.807, 2.05) is 43.5 Å². The number of carbonyl (C=O) groups excluding carboxylic acids is 4. The van der Waals surface area contributed by atoms with E-state index in [0.29, 0.717) is 134 Å². The topological polar surface area (TPSA) is 401 Å². The lowest BCUT2D eigenvalue weighted by Crippen LogP contribution is -2.47. The maximum absolute atomic E-state index is 14.3. The summed E-state index contributed by atoms with van der Waals surface area (Å²) in [6.07, 6.45) is 10.5. The van der Waals surface area contributed by atoms with Gasteiger partial charge in [-0.15, -0.1) is 8.73 Å². The van der Waals surface area contributed by atoms with Crippen LogP contribution in [0.25, 0.3) is 33.2 Å². The second-order valence-electron chi connectivity index (χ2n) is 40.8. The summed E-state index contributed by atoms with van der Waals surface area (Å²) in [6.45, 7) is 25.1. The first kappa shape index (κ1) is 113. The number of allylic oxidation sites excluding steroid dienone is 2. The molecule has 16 rings (SSSR count). The maximum atomic E-state index is 14.3.